The minimum absolute atomic E-state index is 0.0212. The molecule has 0 radical (unpaired) electrons. The predicted molar refractivity (Wildman–Crippen MR) is 69.5 cm³/mol. The summed E-state index contributed by atoms with van der Waals surface area (Å²) in [5.74, 6) is 0.668. The van der Waals surface area contributed by atoms with E-state index in [1.807, 2.05) is 33.0 Å². The first-order valence-electron chi connectivity index (χ1n) is 6.25. The van der Waals surface area contributed by atoms with Gasteiger partial charge in [-0.05, 0) is 26.8 Å². The first-order chi connectivity index (χ1) is 9.06. The molecule has 0 bridgehead atoms. The van der Waals surface area contributed by atoms with Crippen LogP contribution in [0.5, 0.6) is 0 Å². The molecule has 0 saturated carbocycles. The summed E-state index contributed by atoms with van der Waals surface area (Å²) in [5.41, 5.74) is 1.64. The molecule has 2 heterocycles. The Morgan fingerprint density at radius 3 is 2.89 bits per heavy atom. The van der Waals surface area contributed by atoms with Gasteiger partial charge in [0, 0.05) is 24.0 Å². The van der Waals surface area contributed by atoms with E-state index < -0.39 is 0 Å². The molecule has 1 atom stereocenters. The van der Waals surface area contributed by atoms with Crippen molar-refractivity contribution < 1.29 is 9.32 Å². The van der Waals surface area contributed by atoms with Crippen LogP contribution in [0.1, 0.15) is 23.9 Å². The highest BCUT2D eigenvalue weighted by Gasteiger charge is 2.15. The Morgan fingerprint density at radius 1 is 1.53 bits per heavy atom. The molecule has 2 aromatic rings. The molecule has 102 valence electrons. The van der Waals surface area contributed by atoms with Gasteiger partial charge in [-0.1, -0.05) is 5.16 Å². The molecule has 0 spiro atoms. The topological polar surface area (TPSA) is 73.0 Å². The summed E-state index contributed by atoms with van der Waals surface area (Å²) < 4.78 is 6.83. The highest BCUT2D eigenvalue weighted by molar-refractivity contribution is 5.79. The van der Waals surface area contributed by atoms with E-state index in [2.05, 4.69) is 15.6 Å². The van der Waals surface area contributed by atoms with Gasteiger partial charge in [0.15, 0.2) is 0 Å². The number of rotatable bonds is 5. The molecule has 0 unspecified atom stereocenters. The minimum atomic E-state index is -0.0333. The zero-order chi connectivity index (χ0) is 13.8. The standard InChI is InChI=1S/C13H18N4O2/c1-9(8-17-6-4-5-14-17)15-13(18)7-12-10(2)16-19-11(12)3/h4-6,9H,7-8H2,1-3H3,(H,15,18)/t9-/m1/s1. The zero-order valence-electron chi connectivity index (χ0n) is 11.4. The van der Waals surface area contributed by atoms with Crippen LogP contribution in [0.25, 0.3) is 0 Å². The number of carbonyl (C=O) groups excluding carboxylic acids is 1. The van der Waals surface area contributed by atoms with Crippen molar-refractivity contribution in [3.8, 4) is 0 Å². The third-order valence-corrected chi connectivity index (χ3v) is 2.95. The van der Waals surface area contributed by atoms with Crippen molar-refractivity contribution in [2.24, 2.45) is 0 Å². The monoisotopic (exact) mass is 262 g/mol. The maximum Gasteiger partial charge on any atom is 0.224 e. The number of hydrogen-bond acceptors (Lipinski definition) is 4. The molecule has 6 heteroatoms. The van der Waals surface area contributed by atoms with E-state index in [0.717, 1.165) is 11.3 Å². The quantitative estimate of drug-likeness (QED) is 0.879. The maximum absolute atomic E-state index is 11.9. The van der Waals surface area contributed by atoms with Crippen LogP contribution in [0, 0.1) is 13.8 Å². The van der Waals surface area contributed by atoms with Crippen LogP contribution in [-0.4, -0.2) is 26.9 Å². The summed E-state index contributed by atoms with van der Waals surface area (Å²) in [6, 6.07) is 1.88. The summed E-state index contributed by atoms with van der Waals surface area (Å²) in [6.07, 6.45) is 3.89. The Hall–Kier alpha value is -2.11. The Kier molecular flexibility index (Phi) is 3.99. The highest BCUT2D eigenvalue weighted by atomic mass is 16.5. The van der Waals surface area contributed by atoms with Gasteiger partial charge in [-0.15, -0.1) is 0 Å². The predicted octanol–water partition coefficient (Wildman–Crippen LogP) is 1.24. The molecular formula is C13H18N4O2. The first kappa shape index (κ1) is 13.3. The van der Waals surface area contributed by atoms with Crippen LogP contribution in [0.15, 0.2) is 23.0 Å². The van der Waals surface area contributed by atoms with Crippen LogP contribution in [0.2, 0.25) is 0 Å². The van der Waals surface area contributed by atoms with Gasteiger partial charge in [0.1, 0.15) is 5.76 Å². The van der Waals surface area contributed by atoms with Crippen LogP contribution in [0.4, 0.5) is 0 Å². The summed E-state index contributed by atoms with van der Waals surface area (Å²) in [6.45, 7) is 6.26. The van der Waals surface area contributed by atoms with Crippen molar-refractivity contribution in [2.45, 2.75) is 39.8 Å². The second kappa shape index (κ2) is 5.69. The average Bonchev–Trinajstić information content (AvgIpc) is 2.94. The largest absolute Gasteiger partial charge is 0.361 e. The Balaban J connectivity index is 1.87. The van der Waals surface area contributed by atoms with Crippen molar-refractivity contribution >= 4 is 5.91 Å². The van der Waals surface area contributed by atoms with E-state index in [-0.39, 0.29) is 11.9 Å². The van der Waals surface area contributed by atoms with E-state index in [1.54, 1.807) is 10.9 Å². The fourth-order valence-electron chi connectivity index (χ4n) is 1.98. The lowest BCUT2D eigenvalue weighted by molar-refractivity contribution is -0.121. The third kappa shape index (κ3) is 3.43. The van der Waals surface area contributed by atoms with Gasteiger partial charge < -0.3 is 9.84 Å². The molecule has 6 nitrogen and oxygen atoms in total. The smallest absolute Gasteiger partial charge is 0.224 e. The normalized spacial score (nSPS) is 12.4. The molecule has 1 N–H and O–H groups in total. The lowest BCUT2D eigenvalue weighted by Crippen LogP contribution is -2.36. The molecule has 2 aromatic heterocycles. The SMILES string of the molecule is Cc1noc(C)c1CC(=O)N[C@H](C)Cn1cccn1. The van der Waals surface area contributed by atoms with E-state index >= 15 is 0 Å². The minimum Gasteiger partial charge on any atom is -0.361 e. The second-order valence-electron chi connectivity index (χ2n) is 4.68. The molecule has 0 fully saturated rings. The van der Waals surface area contributed by atoms with Gasteiger partial charge in [0.25, 0.3) is 0 Å². The van der Waals surface area contributed by atoms with Gasteiger partial charge in [0.05, 0.1) is 18.7 Å². The van der Waals surface area contributed by atoms with Crippen molar-refractivity contribution in [1.29, 1.82) is 0 Å². The van der Waals surface area contributed by atoms with E-state index in [1.165, 1.54) is 0 Å². The highest BCUT2D eigenvalue weighted by Crippen LogP contribution is 2.12. The van der Waals surface area contributed by atoms with E-state index in [0.29, 0.717) is 18.7 Å². The van der Waals surface area contributed by atoms with Crippen LogP contribution in [-0.2, 0) is 17.8 Å². The van der Waals surface area contributed by atoms with Crippen LogP contribution < -0.4 is 5.32 Å². The molecule has 0 aliphatic carbocycles. The molecule has 0 aliphatic rings. The summed E-state index contributed by atoms with van der Waals surface area (Å²) in [5, 5.41) is 10.9. The number of carbonyl (C=O) groups is 1. The number of aromatic nitrogens is 3. The summed E-state index contributed by atoms with van der Waals surface area (Å²) >= 11 is 0. The number of amides is 1. The number of aryl methyl sites for hydroxylation is 2. The third-order valence-electron chi connectivity index (χ3n) is 2.95. The molecule has 0 aliphatic heterocycles. The molecule has 0 saturated heterocycles. The van der Waals surface area contributed by atoms with Crippen molar-refractivity contribution in [1.82, 2.24) is 20.3 Å². The second-order valence-corrected chi connectivity index (χ2v) is 4.68. The lowest BCUT2D eigenvalue weighted by atomic mass is 10.1. The first-order valence-corrected chi connectivity index (χ1v) is 6.25. The molecule has 19 heavy (non-hydrogen) atoms. The Bertz CT molecular complexity index is 525. The van der Waals surface area contributed by atoms with Crippen molar-refractivity contribution in [2.75, 3.05) is 0 Å². The van der Waals surface area contributed by atoms with E-state index in [4.69, 9.17) is 4.52 Å². The lowest BCUT2D eigenvalue weighted by Gasteiger charge is -2.13. The number of hydrogen-bond donors (Lipinski definition) is 1. The Morgan fingerprint density at radius 2 is 2.32 bits per heavy atom. The maximum atomic E-state index is 11.9. The zero-order valence-corrected chi connectivity index (χ0v) is 11.4. The van der Waals surface area contributed by atoms with Crippen molar-refractivity contribution in [3.63, 3.8) is 0 Å². The van der Waals surface area contributed by atoms with Gasteiger partial charge >= 0.3 is 0 Å². The average molecular weight is 262 g/mol. The number of nitrogens with one attached hydrogen (secondary N) is 1. The van der Waals surface area contributed by atoms with Crippen molar-refractivity contribution in [3.05, 3.63) is 35.5 Å². The molecule has 1 amide bonds. The Labute approximate surface area is 111 Å². The molecule has 0 aromatic carbocycles. The summed E-state index contributed by atoms with van der Waals surface area (Å²) in [4.78, 5) is 11.9. The fourth-order valence-corrected chi connectivity index (χ4v) is 1.98. The molecule has 2 rings (SSSR count). The fraction of sp³-hybridized carbons (Fsp3) is 0.462. The van der Waals surface area contributed by atoms with Gasteiger partial charge in [0.2, 0.25) is 5.91 Å². The van der Waals surface area contributed by atoms with Gasteiger partial charge in [-0.3, -0.25) is 9.48 Å². The molecular weight excluding hydrogens is 244 g/mol. The summed E-state index contributed by atoms with van der Waals surface area (Å²) in [7, 11) is 0. The van der Waals surface area contributed by atoms with Gasteiger partial charge in [-0.25, -0.2) is 0 Å². The van der Waals surface area contributed by atoms with Gasteiger partial charge in [-0.2, -0.15) is 5.10 Å². The van der Waals surface area contributed by atoms with Crippen LogP contribution in [0.3, 0.4) is 0 Å². The van der Waals surface area contributed by atoms with Crippen LogP contribution >= 0.6 is 0 Å². The van der Waals surface area contributed by atoms with E-state index in [9.17, 15) is 4.79 Å². The number of nitrogens with zero attached hydrogens (tertiary/aromatic N) is 3.